The summed E-state index contributed by atoms with van der Waals surface area (Å²) in [5.41, 5.74) is 0.398. The summed E-state index contributed by atoms with van der Waals surface area (Å²) in [7, 11) is 3.03. The smallest absolute Gasteiger partial charge is 0.308 e. The molecule has 2 rings (SSSR count). The van der Waals surface area contributed by atoms with Crippen molar-refractivity contribution in [3.63, 3.8) is 0 Å². The second-order valence-electron chi connectivity index (χ2n) is 5.76. The summed E-state index contributed by atoms with van der Waals surface area (Å²) in [6, 6.07) is 4.57. The zero-order valence-corrected chi connectivity index (χ0v) is 13.5. The Morgan fingerprint density at radius 2 is 1.65 bits per heavy atom. The fraction of sp³-hybridized carbons (Fsp3) is 0.529. The average Bonchev–Trinajstić information content (AvgIpc) is 2.79. The van der Waals surface area contributed by atoms with Crippen molar-refractivity contribution < 1.29 is 24.2 Å². The van der Waals surface area contributed by atoms with Gasteiger partial charge in [0.05, 0.1) is 20.1 Å². The molecular weight excluding hydrogens is 298 g/mol. The number of benzene rings is 1. The number of carbonyl (C=O) groups is 2. The van der Waals surface area contributed by atoms with Gasteiger partial charge in [-0.15, -0.1) is 0 Å². The van der Waals surface area contributed by atoms with Gasteiger partial charge in [0, 0.05) is 17.7 Å². The molecule has 6 nitrogen and oxygen atoms in total. The largest absolute Gasteiger partial charge is 0.497 e. The van der Waals surface area contributed by atoms with Gasteiger partial charge in [-0.1, -0.05) is 19.3 Å². The maximum atomic E-state index is 12.5. The Hall–Kier alpha value is -2.24. The SMILES string of the molecule is COc1cc(OC)cc(C(=O)N[C@H]2CCCCC[C@H]2C(=O)O)c1. The quantitative estimate of drug-likeness (QED) is 0.814. The van der Waals surface area contributed by atoms with Crippen molar-refractivity contribution in [3.05, 3.63) is 23.8 Å². The van der Waals surface area contributed by atoms with Crippen LogP contribution in [0.1, 0.15) is 42.5 Å². The first-order valence-electron chi connectivity index (χ1n) is 7.82. The van der Waals surface area contributed by atoms with Gasteiger partial charge in [0.2, 0.25) is 0 Å². The van der Waals surface area contributed by atoms with E-state index < -0.39 is 11.9 Å². The van der Waals surface area contributed by atoms with Gasteiger partial charge in [0.25, 0.3) is 5.91 Å². The molecule has 1 aliphatic rings. The molecule has 1 aromatic rings. The van der Waals surface area contributed by atoms with Crippen molar-refractivity contribution in [2.75, 3.05) is 14.2 Å². The number of hydrogen-bond donors (Lipinski definition) is 2. The second kappa shape index (κ2) is 7.85. The van der Waals surface area contributed by atoms with Crippen LogP contribution >= 0.6 is 0 Å². The predicted molar refractivity (Wildman–Crippen MR) is 85.0 cm³/mol. The van der Waals surface area contributed by atoms with Crippen LogP contribution in [-0.2, 0) is 4.79 Å². The molecule has 0 bridgehead atoms. The van der Waals surface area contributed by atoms with Crippen LogP contribution in [0.3, 0.4) is 0 Å². The topological polar surface area (TPSA) is 84.9 Å². The summed E-state index contributed by atoms with van der Waals surface area (Å²) in [6.45, 7) is 0. The Morgan fingerprint density at radius 3 is 2.22 bits per heavy atom. The standard InChI is InChI=1S/C17H23NO5/c1-22-12-8-11(9-13(10-12)23-2)16(19)18-15-7-5-3-4-6-14(15)17(20)21/h8-10,14-15H,3-7H2,1-2H3,(H,18,19)(H,20,21)/t14-,15+/m1/s1. The van der Waals surface area contributed by atoms with Gasteiger partial charge in [-0.2, -0.15) is 0 Å². The van der Waals surface area contributed by atoms with Gasteiger partial charge in [0.1, 0.15) is 11.5 Å². The van der Waals surface area contributed by atoms with Crippen LogP contribution in [0.4, 0.5) is 0 Å². The second-order valence-corrected chi connectivity index (χ2v) is 5.76. The molecule has 0 aliphatic heterocycles. The molecule has 0 radical (unpaired) electrons. The summed E-state index contributed by atoms with van der Waals surface area (Å²) < 4.78 is 10.3. The van der Waals surface area contributed by atoms with E-state index >= 15 is 0 Å². The number of methoxy groups -OCH3 is 2. The van der Waals surface area contributed by atoms with Gasteiger partial charge in [-0.05, 0) is 25.0 Å². The maximum absolute atomic E-state index is 12.5. The summed E-state index contributed by atoms with van der Waals surface area (Å²) in [5, 5.41) is 12.3. The predicted octanol–water partition coefficient (Wildman–Crippen LogP) is 2.47. The third-order valence-corrected chi connectivity index (χ3v) is 4.26. The third kappa shape index (κ3) is 4.37. The molecule has 0 aromatic heterocycles. The molecule has 0 spiro atoms. The number of carboxylic acids is 1. The van der Waals surface area contributed by atoms with E-state index in [1.54, 1.807) is 18.2 Å². The van der Waals surface area contributed by atoms with Crippen molar-refractivity contribution >= 4 is 11.9 Å². The summed E-state index contributed by atoms with van der Waals surface area (Å²) in [4.78, 5) is 24.0. The van der Waals surface area contributed by atoms with Crippen molar-refractivity contribution in [3.8, 4) is 11.5 Å². The molecule has 23 heavy (non-hydrogen) atoms. The van der Waals surface area contributed by atoms with Crippen molar-refractivity contribution in [1.82, 2.24) is 5.32 Å². The van der Waals surface area contributed by atoms with E-state index in [1.807, 2.05) is 0 Å². The lowest BCUT2D eigenvalue weighted by atomic mass is 9.94. The fourth-order valence-corrected chi connectivity index (χ4v) is 2.97. The number of nitrogens with one attached hydrogen (secondary N) is 1. The first-order valence-corrected chi connectivity index (χ1v) is 7.82. The van der Waals surface area contributed by atoms with Crippen molar-refractivity contribution in [2.45, 2.75) is 38.1 Å². The zero-order valence-electron chi connectivity index (χ0n) is 13.5. The Bertz CT molecular complexity index is 550. The molecule has 126 valence electrons. The first-order chi connectivity index (χ1) is 11.0. The minimum absolute atomic E-state index is 0.305. The van der Waals surface area contributed by atoms with E-state index in [4.69, 9.17) is 9.47 Å². The van der Waals surface area contributed by atoms with E-state index in [1.165, 1.54) is 14.2 Å². The lowest BCUT2D eigenvalue weighted by molar-refractivity contribution is -0.142. The van der Waals surface area contributed by atoms with E-state index in [0.29, 0.717) is 29.9 Å². The molecule has 1 aromatic carbocycles. The van der Waals surface area contributed by atoms with Crippen LogP contribution in [0, 0.1) is 5.92 Å². The summed E-state index contributed by atoms with van der Waals surface area (Å²) >= 11 is 0. The number of hydrogen-bond acceptors (Lipinski definition) is 4. The molecular formula is C17H23NO5. The number of carbonyl (C=O) groups excluding carboxylic acids is 1. The van der Waals surface area contributed by atoms with Crippen LogP contribution in [0.15, 0.2) is 18.2 Å². The Morgan fingerprint density at radius 1 is 1.04 bits per heavy atom. The Labute approximate surface area is 135 Å². The first kappa shape index (κ1) is 17.1. The third-order valence-electron chi connectivity index (χ3n) is 4.26. The van der Waals surface area contributed by atoms with Gasteiger partial charge in [-0.3, -0.25) is 9.59 Å². The molecule has 6 heteroatoms. The fourth-order valence-electron chi connectivity index (χ4n) is 2.97. The molecule has 0 heterocycles. The van der Waals surface area contributed by atoms with Gasteiger partial charge in [-0.25, -0.2) is 0 Å². The van der Waals surface area contributed by atoms with E-state index in [0.717, 1.165) is 19.3 Å². The lowest BCUT2D eigenvalue weighted by Gasteiger charge is -2.23. The molecule has 0 unspecified atom stereocenters. The highest BCUT2D eigenvalue weighted by molar-refractivity contribution is 5.95. The highest BCUT2D eigenvalue weighted by Gasteiger charge is 2.30. The van der Waals surface area contributed by atoms with E-state index in [9.17, 15) is 14.7 Å². The molecule has 2 N–H and O–H groups in total. The average molecular weight is 321 g/mol. The van der Waals surface area contributed by atoms with Gasteiger partial charge < -0.3 is 19.9 Å². The van der Waals surface area contributed by atoms with Crippen LogP contribution in [0.2, 0.25) is 0 Å². The number of aliphatic carboxylic acids is 1. The van der Waals surface area contributed by atoms with E-state index in [2.05, 4.69) is 5.32 Å². The number of carboxylic acid groups (broad SMARTS) is 1. The minimum Gasteiger partial charge on any atom is -0.497 e. The van der Waals surface area contributed by atoms with Crippen LogP contribution < -0.4 is 14.8 Å². The van der Waals surface area contributed by atoms with Gasteiger partial charge >= 0.3 is 5.97 Å². The number of rotatable bonds is 5. The molecule has 1 aliphatic carbocycles. The lowest BCUT2D eigenvalue weighted by Crippen LogP contribution is -2.42. The molecule has 1 saturated carbocycles. The summed E-state index contributed by atoms with van der Waals surface area (Å²) in [5.74, 6) is -0.648. The summed E-state index contributed by atoms with van der Waals surface area (Å²) in [6.07, 6.45) is 4.10. The normalized spacial score (nSPS) is 21.1. The van der Waals surface area contributed by atoms with Crippen molar-refractivity contribution in [1.29, 1.82) is 0 Å². The van der Waals surface area contributed by atoms with Crippen molar-refractivity contribution in [2.24, 2.45) is 5.92 Å². The molecule has 1 amide bonds. The molecule has 2 atom stereocenters. The minimum atomic E-state index is -0.847. The van der Waals surface area contributed by atoms with Gasteiger partial charge in [0.15, 0.2) is 0 Å². The maximum Gasteiger partial charge on any atom is 0.308 e. The Balaban J connectivity index is 2.17. The van der Waals surface area contributed by atoms with Crippen LogP contribution in [-0.4, -0.2) is 37.2 Å². The highest BCUT2D eigenvalue weighted by Crippen LogP contribution is 2.26. The highest BCUT2D eigenvalue weighted by atomic mass is 16.5. The van der Waals surface area contributed by atoms with Crippen LogP contribution in [0.25, 0.3) is 0 Å². The number of ether oxygens (including phenoxy) is 2. The molecule has 0 saturated heterocycles. The monoisotopic (exact) mass is 321 g/mol. The molecule has 1 fully saturated rings. The van der Waals surface area contributed by atoms with Crippen LogP contribution in [0.5, 0.6) is 11.5 Å². The zero-order chi connectivity index (χ0) is 16.8. The number of amides is 1. The Kier molecular flexibility index (Phi) is 5.84. The van der Waals surface area contributed by atoms with E-state index in [-0.39, 0.29) is 11.9 Å².